The van der Waals surface area contributed by atoms with E-state index in [1.807, 2.05) is 4.90 Å². The Morgan fingerprint density at radius 2 is 2.07 bits per heavy atom. The van der Waals surface area contributed by atoms with Crippen LogP contribution in [0, 0.1) is 11.6 Å². The van der Waals surface area contributed by atoms with E-state index in [1.54, 1.807) is 0 Å². The minimum absolute atomic E-state index is 0.212. The molecule has 2 fully saturated rings. The second-order valence-corrected chi connectivity index (χ2v) is 7.25. The van der Waals surface area contributed by atoms with Gasteiger partial charge in [0.15, 0.2) is 5.65 Å². The molecule has 7 nitrogen and oxygen atoms in total. The van der Waals surface area contributed by atoms with Gasteiger partial charge in [0.05, 0.1) is 12.2 Å². The molecule has 1 aliphatic heterocycles. The molecule has 3 heterocycles. The normalized spacial score (nSPS) is 19.4. The summed E-state index contributed by atoms with van der Waals surface area (Å²) in [6, 6.07) is 3.34. The Labute approximate surface area is 159 Å². The largest absolute Gasteiger partial charge is 0.349 e. The van der Waals surface area contributed by atoms with Crippen LogP contribution in [0.2, 0.25) is 0 Å². The molecular formula is C19H18F2N6O. The molecule has 1 aliphatic carbocycles. The fraction of sp³-hybridized carbons (Fsp3) is 0.368. The van der Waals surface area contributed by atoms with Gasteiger partial charge in [-0.15, -0.1) is 0 Å². The molecule has 1 saturated heterocycles. The number of anilines is 1. The first-order chi connectivity index (χ1) is 13.6. The molecule has 1 aromatic carbocycles. The van der Waals surface area contributed by atoms with Crippen LogP contribution in [0.25, 0.3) is 5.65 Å². The quantitative estimate of drug-likeness (QED) is 0.749. The molecule has 144 valence electrons. The lowest BCUT2D eigenvalue weighted by molar-refractivity contribution is 0.0952. The van der Waals surface area contributed by atoms with Gasteiger partial charge in [-0.2, -0.15) is 10.1 Å². The smallest absolute Gasteiger partial charge is 0.256 e. The predicted molar refractivity (Wildman–Crippen MR) is 96.9 cm³/mol. The Bertz CT molecular complexity index is 1060. The summed E-state index contributed by atoms with van der Waals surface area (Å²) in [7, 11) is 0. The monoisotopic (exact) mass is 384 g/mol. The Morgan fingerprint density at radius 3 is 2.89 bits per heavy atom. The summed E-state index contributed by atoms with van der Waals surface area (Å²) in [5.74, 6) is -0.765. The van der Waals surface area contributed by atoms with Gasteiger partial charge in [0.2, 0.25) is 5.95 Å². The van der Waals surface area contributed by atoms with Gasteiger partial charge in [-0.25, -0.2) is 18.3 Å². The van der Waals surface area contributed by atoms with Crippen molar-refractivity contribution in [1.82, 2.24) is 24.9 Å². The first-order valence-corrected chi connectivity index (χ1v) is 9.33. The van der Waals surface area contributed by atoms with E-state index in [-0.39, 0.29) is 18.0 Å². The van der Waals surface area contributed by atoms with Crippen molar-refractivity contribution in [3.8, 4) is 0 Å². The van der Waals surface area contributed by atoms with Crippen LogP contribution in [0.15, 0.2) is 30.7 Å². The van der Waals surface area contributed by atoms with Gasteiger partial charge in [0.25, 0.3) is 5.91 Å². The van der Waals surface area contributed by atoms with E-state index in [4.69, 9.17) is 0 Å². The van der Waals surface area contributed by atoms with Gasteiger partial charge < -0.3 is 10.2 Å². The summed E-state index contributed by atoms with van der Waals surface area (Å²) in [6.45, 7) is 0.620. The zero-order valence-electron chi connectivity index (χ0n) is 15.0. The first kappa shape index (κ1) is 17.0. The van der Waals surface area contributed by atoms with E-state index in [0.717, 1.165) is 31.4 Å². The second-order valence-electron chi connectivity index (χ2n) is 7.25. The molecule has 3 aromatic rings. The van der Waals surface area contributed by atoms with Gasteiger partial charge in [-0.3, -0.25) is 4.79 Å². The van der Waals surface area contributed by atoms with E-state index in [1.165, 1.54) is 23.1 Å². The molecule has 1 atom stereocenters. The summed E-state index contributed by atoms with van der Waals surface area (Å²) in [5.41, 5.74) is 1.07. The third-order valence-corrected chi connectivity index (χ3v) is 5.24. The number of benzene rings is 1. The highest BCUT2D eigenvalue weighted by Gasteiger charge is 2.31. The van der Waals surface area contributed by atoms with Crippen molar-refractivity contribution in [2.24, 2.45) is 0 Å². The summed E-state index contributed by atoms with van der Waals surface area (Å²) in [5, 5.41) is 7.07. The van der Waals surface area contributed by atoms with Crippen LogP contribution in [-0.2, 0) is 0 Å². The number of carbonyl (C=O) groups excluding carboxylic acids is 1. The third kappa shape index (κ3) is 2.96. The molecule has 1 N–H and O–H groups in total. The summed E-state index contributed by atoms with van der Waals surface area (Å²) in [6.07, 6.45) is 6.41. The Morgan fingerprint density at radius 1 is 1.21 bits per heavy atom. The van der Waals surface area contributed by atoms with Crippen LogP contribution in [0.5, 0.6) is 0 Å². The van der Waals surface area contributed by atoms with E-state index < -0.39 is 11.6 Å². The molecule has 5 rings (SSSR count). The van der Waals surface area contributed by atoms with Gasteiger partial charge in [0.1, 0.15) is 23.5 Å². The van der Waals surface area contributed by atoms with Gasteiger partial charge in [-0.1, -0.05) is 0 Å². The summed E-state index contributed by atoms with van der Waals surface area (Å²) >= 11 is 0. The molecule has 28 heavy (non-hydrogen) atoms. The highest BCUT2D eigenvalue weighted by Crippen LogP contribution is 2.36. The number of amides is 1. The minimum Gasteiger partial charge on any atom is -0.349 e. The summed E-state index contributed by atoms with van der Waals surface area (Å²) in [4.78, 5) is 23.2. The van der Waals surface area contributed by atoms with Crippen molar-refractivity contribution in [1.29, 1.82) is 0 Å². The predicted octanol–water partition coefficient (Wildman–Crippen LogP) is 2.64. The molecule has 2 aliphatic rings. The fourth-order valence-electron chi connectivity index (χ4n) is 3.67. The number of nitrogens with zero attached hydrogens (tertiary/aromatic N) is 5. The van der Waals surface area contributed by atoms with Crippen molar-refractivity contribution in [3.05, 3.63) is 53.5 Å². The lowest BCUT2D eigenvalue weighted by Crippen LogP contribution is -2.27. The number of halogens is 2. The van der Waals surface area contributed by atoms with Crippen molar-refractivity contribution in [2.75, 3.05) is 11.4 Å². The Kier molecular flexibility index (Phi) is 3.96. The number of aromatic nitrogens is 4. The van der Waals surface area contributed by atoms with Crippen LogP contribution in [0.3, 0.4) is 0 Å². The minimum atomic E-state index is -0.477. The molecular weight excluding hydrogens is 366 g/mol. The number of fused-ring (bicyclic) bond motifs is 1. The number of nitrogens with one attached hydrogen (secondary N) is 1. The maximum atomic E-state index is 14.3. The maximum Gasteiger partial charge on any atom is 0.256 e. The van der Waals surface area contributed by atoms with Crippen molar-refractivity contribution in [2.45, 2.75) is 37.8 Å². The second kappa shape index (κ2) is 6.50. The van der Waals surface area contributed by atoms with Crippen molar-refractivity contribution in [3.63, 3.8) is 0 Å². The van der Waals surface area contributed by atoms with Crippen molar-refractivity contribution < 1.29 is 13.6 Å². The molecule has 1 amide bonds. The Balaban J connectivity index is 1.51. The standard InChI is InChI=1S/C19H18F2N6O/c20-11-3-6-15(21)13(8-11)16-2-1-7-26(16)19-22-10-27-17(25-19)14(9-23-27)18(28)24-12-4-5-12/h3,6,8-10,12,16H,1-2,4-5,7H2,(H,24,28). The molecule has 2 aromatic heterocycles. The average Bonchev–Trinajstić information content (AvgIpc) is 3.20. The van der Waals surface area contributed by atoms with Crippen LogP contribution in [-0.4, -0.2) is 38.1 Å². The van der Waals surface area contributed by atoms with E-state index >= 15 is 0 Å². The average molecular weight is 384 g/mol. The van der Waals surface area contributed by atoms with Gasteiger partial charge >= 0.3 is 0 Å². The molecule has 0 radical (unpaired) electrons. The number of rotatable bonds is 4. The van der Waals surface area contributed by atoms with Crippen LogP contribution in [0.4, 0.5) is 14.7 Å². The lowest BCUT2D eigenvalue weighted by atomic mass is 10.0. The number of carbonyl (C=O) groups is 1. The SMILES string of the molecule is O=C(NC1CC1)c1cnn2cnc(N3CCCC3c3cc(F)ccc3F)nc12. The molecule has 0 spiro atoms. The van der Waals surface area contributed by atoms with Crippen molar-refractivity contribution >= 4 is 17.5 Å². The van der Waals surface area contributed by atoms with Gasteiger partial charge in [0, 0.05) is 18.2 Å². The zero-order valence-corrected chi connectivity index (χ0v) is 15.0. The first-order valence-electron chi connectivity index (χ1n) is 9.33. The van der Waals surface area contributed by atoms with E-state index in [9.17, 15) is 13.6 Å². The van der Waals surface area contributed by atoms with E-state index in [0.29, 0.717) is 35.7 Å². The molecule has 0 bridgehead atoms. The van der Waals surface area contributed by atoms with Crippen LogP contribution in [0.1, 0.15) is 47.6 Å². The van der Waals surface area contributed by atoms with Crippen LogP contribution < -0.4 is 10.2 Å². The Hall–Kier alpha value is -3.10. The lowest BCUT2D eigenvalue weighted by Gasteiger charge is -2.25. The summed E-state index contributed by atoms with van der Waals surface area (Å²) < 4.78 is 29.4. The highest BCUT2D eigenvalue weighted by molar-refractivity contribution is 6.00. The maximum absolute atomic E-state index is 14.3. The number of hydrogen-bond donors (Lipinski definition) is 1. The molecule has 1 unspecified atom stereocenters. The van der Waals surface area contributed by atoms with Crippen LogP contribution >= 0.6 is 0 Å². The molecule has 9 heteroatoms. The zero-order chi connectivity index (χ0) is 19.3. The van der Waals surface area contributed by atoms with E-state index in [2.05, 4.69) is 20.4 Å². The third-order valence-electron chi connectivity index (χ3n) is 5.24. The topological polar surface area (TPSA) is 75.4 Å². The fourth-order valence-corrected chi connectivity index (χ4v) is 3.67. The highest BCUT2D eigenvalue weighted by atomic mass is 19.1. The van der Waals surface area contributed by atoms with Gasteiger partial charge in [-0.05, 0) is 43.9 Å². The number of hydrogen-bond acceptors (Lipinski definition) is 5. The molecule has 1 saturated carbocycles.